The Morgan fingerprint density at radius 3 is 2.65 bits per heavy atom. The minimum atomic E-state index is -0.456. The Balaban J connectivity index is 1.96. The van der Waals surface area contributed by atoms with Gasteiger partial charge in [-0.1, -0.05) is 41.4 Å². The minimum absolute atomic E-state index is 0.0534. The number of carbonyl (C=O) groups is 1. The van der Waals surface area contributed by atoms with E-state index < -0.39 is 6.03 Å². The Kier molecular flexibility index (Phi) is 4.71. The summed E-state index contributed by atoms with van der Waals surface area (Å²) in [4.78, 5) is 11.7. The average Bonchev–Trinajstić information content (AvgIpc) is 2.42. The maximum Gasteiger partial charge on any atom is 0.319 e. The summed E-state index contributed by atoms with van der Waals surface area (Å²) in [5.74, 6) is -0.0534. The van der Waals surface area contributed by atoms with Crippen LogP contribution in [0.15, 0.2) is 42.5 Å². The number of hydrogen-bond donors (Lipinski definition) is 3. The highest BCUT2D eigenvalue weighted by Gasteiger charge is 2.07. The van der Waals surface area contributed by atoms with Crippen LogP contribution >= 0.6 is 23.2 Å². The number of carbonyl (C=O) groups excluding carboxylic acids is 1. The second kappa shape index (κ2) is 6.50. The number of phenolic OH excluding ortho intramolecular Hbond substituents is 1. The molecule has 0 aliphatic rings. The third-order valence-electron chi connectivity index (χ3n) is 2.60. The number of nitrogens with one attached hydrogen (secondary N) is 2. The third kappa shape index (κ3) is 3.79. The van der Waals surface area contributed by atoms with Gasteiger partial charge in [-0.2, -0.15) is 0 Å². The van der Waals surface area contributed by atoms with E-state index in [2.05, 4.69) is 10.6 Å². The molecule has 0 aliphatic carbocycles. The zero-order chi connectivity index (χ0) is 14.5. The zero-order valence-corrected chi connectivity index (χ0v) is 11.9. The molecule has 0 spiro atoms. The van der Waals surface area contributed by atoms with Crippen LogP contribution in [0.25, 0.3) is 0 Å². The van der Waals surface area contributed by atoms with Crippen molar-refractivity contribution in [2.24, 2.45) is 0 Å². The van der Waals surface area contributed by atoms with E-state index in [0.29, 0.717) is 10.0 Å². The molecule has 0 radical (unpaired) electrons. The van der Waals surface area contributed by atoms with Crippen molar-refractivity contribution in [2.75, 3.05) is 5.32 Å². The lowest BCUT2D eigenvalue weighted by Crippen LogP contribution is -2.28. The lowest BCUT2D eigenvalue weighted by Gasteiger charge is -2.10. The number of hydrogen-bond acceptors (Lipinski definition) is 2. The van der Waals surface area contributed by atoms with Gasteiger partial charge in [-0.3, -0.25) is 0 Å². The van der Waals surface area contributed by atoms with Crippen LogP contribution in [0.1, 0.15) is 5.56 Å². The molecule has 2 aromatic rings. The van der Waals surface area contributed by atoms with Crippen LogP contribution < -0.4 is 10.6 Å². The quantitative estimate of drug-likeness (QED) is 0.750. The standard InChI is InChI=1S/C14H12Cl2N2O2/c15-10-5-6-13(19)12(7-10)18-14(20)17-8-9-3-1-2-4-11(9)16/h1-7,19H,8H2,(H2,17,18,20). The molecule has 2 rings (SSSR count). The highest BCUT2D eigenvalue weighted by atomic mass is 35.5. The molecule has 104 valence electrons. The van der Waals surface area contributed by atoms with Crippen LogP contribution in [0.3, 0.4) is 0 Å². The van der Waals surface area contributed by atoms with Gasteiger partial charge in [0.25, 0.3) is 0 Å². The number of phenols is 1. The Labute approximate surface area is 126 Å². The van der Waals surface area contributed by atoms with Gasteiger partial charge >= 0.3 is 6.03 Å². The van der Waals surface area contributed by atoms with E-state index in [1.165, 1.54) is 18.2 Å². The lowest BCUT2D eigenvalue weighted by molar-refractivity contribution is 0.251. The number of urea groups is 1. The van der Waals surface area contributed by atoms with Gasteiger partial charge in [-0.15, -0.1) is 0 Å². The first-order chi connectivity index (χ1) is 9.56. The zero-order valence-electron chi connectivity index (χ0n) is 10.4. The van der Waals surface area contributed by atoms with Crippen LogP contribution in [0.5, 0.6) is 5.75 Å². The molecular formula is C14H12Cl2N2O2. The first kappa shape index (κ1) is 14.5. The summed E-state index contributed by atoms with van der Waals surface area (Å²) in [5.41, 5.74) is 1.05. The highest BCUT2D eigenvalue weighted by molar-refractivity contribution is 6.31. The van der Waals surface area contributed by atoms with Crippen LogP contribution in [0, 0.1) is 0 Å². The predicted octanol–water partition coefficient (Wildman–Crippen LogP) is 4.02. The van der Waals surface area contributed by atoms with Crippen molar-refractivity contribution >= 4 is 34.9 Å². The molecule has 0 unspecified atom stereocenters. The number of amides is 2. The van der Waals surface area contributed by atoms with Gasteiger partial charge in [-0.05, 0) is 29.8 Å². The summed E-state index contributed by atoms with van der Waals surface area (Å²) in [5, 5.41) is 15.8. The van der Waals surface area contributed by atoms with E-state index in [9.17, 15) is 9.90 Å². The molecule has 3 N–H and O–H groups in total. The molecule has 2 amide bonds. The summed E-state index contributed by atoms with van der Waals surface area (Å²) >= 11 is 11.8. The lowest BCUT2D eigenvalue weighted by atomic mass is 10.2. The number of anilines is 1. The van der Waals surface area contributed by atoms with E-state index in [1.54, 1.807) is 6.07 Å². The van der Waals surface area contributed by atoms with Crippen molar-refractivity contribution < 1.29 is 9.90 Å². The molecular weight excluding hydrogens is 299 g/mol. The Bertz CT molecular complexity index is 632. The molecule has 0 saturated carbocycles. The van der Waals surface area contributed by atoms with Crippen LogP contribution in [-0.2, 0) is 6.54 Å². The fourth-order valence-corrected chi connectivity index (χ4v) is 1.97. The SMILES string of the molecule is O=C(NCc1ccccc1Cl)Nc1cc(Cl)ccc1O. The first-order valence-corrected chi connectivity index (χ1v) is 6.58. The number of halogens is 2. The number of benzene rings is 2. The van der Waals surface area contributed by atoms with Crippen molar-refractivity contribution in [3.05, 3.63) is 58.1 Å². The highest BCUT2D eigenvalue weighted by Crippen LogP contribution is 2.26. The van der Waals surface area contributed by atoms with Crippen molar-refractivity contribution in [2.45, 2.75) is 6.54 Å². The molecule has 0 heterocycles. The van der Waals surface area contributed by atoms with Crippen molar-refractivity contribution in [1.29, 1.82) is 0 Å². The summed E-state index contributed by atoms with van der Waals surface area (Å²) in [6, 6.07) is 11.2. The fraction of sp³-hybridized carbons (Fsp3) is 0.0714. The van der Waals surface area contributed by atoms with Gasteiger partial charge < -0.3 is 15.7 Å². The molecule has 0 aromatic heterocycles. The molecule has 20 heavy (non-hydrogen) atoms. The Morgan fingerprint density at radius 1 is 1.15 bits per heavy atom. The number of rotatable bonds is 3. The third-order valence-corrected chi connectivity index (χ3v) is 3.21. The van der Waals surface area contributed by atoms with Gasteiger partial charge in [0.2, 0.25) is 0 Å². The summed E-state index contributed by atoms with van der Waals surface area (Å²) in [6.45, 7) is 0.285. The van der Waals surface area contributed by atoms with Crippen molar-refractivity contribution in [3.63, 3.8) is 0 Å². The van der Waals surface area contributed by atoms with E-state index in [0.717, 1.165) is 5.56 Å². The predicted molar refractivity (Wildman–Crippen MR) is 80.4 cm³/mol. The summed E-state index contributed by atoms with van der Waals surface area (Å²) < 4.78 is 0. The summed E-state index contributed by atoms with van der Waals surface area (Å²) in [7, 11) is 0. The molecule has 0 saturated heterocycles. The molecule has 0 fully saturated rings. The van der Waals surface area contributed by atoms with Crippen molar-refractivity contribution in [3.8, 4) is 5.75 Å². The van der Waals surface area contributed by atoms with Gasteiger partial charge in [0.1, 0.15) is 5.75 Å². The van der Waals surface area contributed by atoms with Gasteiger partial charge in [0.05, 0.1) is 5.69 Å². The molecule has 2 aromatic carbocycles. The van der Waals surface area contributed by atoms with Gasteiger partial charge in [0.15, 0.2) is 0 Å². The van der Waals surface area contributed by atoms with Crippen LogP contribution in [0.4, 0.5) is 10.5 Å². The largest absolute Gasteiger partial charge is 0.506 e. The molecule has 0 bridgehead atoms. The van der Waals surface area contributed by atoms with E-state index >= 15 is 0 Å². The van der Waals surface area contributed by atoms with E-state index in [-0.39, 0.29) is 18.0 Å². The second-order valence-electron chi connectivity index (χ2n) is 4.06. The first-order valence-electron chi connectivity index (χ1n) is 5.83. The van der Waals surface area contributed by atoms with Gasteiger partial charge in [0, 0.05) is 16.6 Å². The number of aromatic hydroxyl groups is 1. The maximum absolute atomic E-state index is 11.7. The second-order valence-corrected chi connectivity index (χ2v) is 4.90. The molecule has 0 atom stereocenters. The Hall–Kier alpha value is -1.91. The molecule has 4 nitrogen and oxygen atoms in total. The average molecular weight is 311 g/mol. The smallest absolute Gasteiger partial charge is 0.319 e. The molecule has 6 heteroatoms. The maximum atomic E-state index is 11.7. The fourth-order valence-electron chi connectivity index (χ4n) is 1.59. The Morgan fingerprint density at radius 2 is 1.90 bits per heavy atom. The summed E-state index contributed by atoms with van der Waals surface area (Å²) in [6.07, 6.45) is 0. The van der Waals surface area contributed by atoms with E-state index in [4.69, 9.17) is 23.2 Å². The van der Waals surface area contributed by atoms with E-state index in [1.807, 2.05) is 18.2 Å². The monoisotopic (exact) mass is 310 g/mol. The van der Waals surface area contributed by atoms with Crippen LogP contribution in [0.2, 0.25) is 10.0 Å². The topological polar surface area (TPSA) is 61.4 Å². The van der Waals surface area contributed by atoms with Crippen LogP contribution in [-0.4, -0.2) is 11.1 Å². The normalized spacial score (nSPS) is 10.1. The van der Waals surface area contributed by atoms with Gasteiger partial charge in [-0.25, -0.2) is 4.79 Å². The van der Waals surface area contributed by atoms with Crippen molar-refractivity contribution in [1.82, 2.24) is 5.32 Å². The molecule has 0 aliphatic heterocycles. The minimum Gasteiger partial charge on any atom is -0.506 e.